The van der Waals surface area contributed by atoms with Gasteiger partial charge in [0.05, 0.1) is 13.1 Å². The molecule has 1 saturated carbocycles. The first-order chi connectivity index (χ1) is 14.1. The topological polar surface area (TPSA) is 51.5 Å². The Kier molecular flexibility index (Phi) is 4.51. The van der Waals surface area contributed by atoms with E-state index >= 15 is 0 Å². The number of rotatable bonds is 5. The van der Waals surface area contributed by atoms with Gasteiger partial charge >= 0.3 is 0 Å². The maximum atomic E-state index is 12.7. The average molecular weight is 407 g/mol. The molecule has 2 fully saturated rings. The first-order valence-corrected chi connectivity index (χ1v) is 10.8. The summed E-state index contributed by atoms with van der Waals surface area (Å²) in [5, 5.41) is 2.05. The summed E-state index contributed by atoms with van der Waals surface area (Å²) >= 11 is 1.69. The maximum absolute atomic E-state index is 12.7. The number of amides is 1. The molecule has 0 radical (unpaired) electrons. The number of carbonyl (C=O) groups is 1. The van der Waals surface area contributed by atoms with Crippen LogP contribution in [0, 0.1) is 6.92 Å². The highest BCUT2D eigenvalue weighted by atomic mass is 32.1. The van der Waals surface area contributed by atoms with Gasteiger partial charge in [-0.15, -0.1) is 11.3 Å². The van der Waals surface area contributed by atoms with Gasteiger partial charge < -0.3 is 14.2 Å². The van der Waals surface area contributed by atoms with Crippen LogP contribution in [0.1, 0.15) is 34.9 Å². The fourth-order valence-electron chi connectivity index (χ4n) is 3.82. The van der Waals surface area contributed by atoms with Crippen LogP contribution in [0.2, 0.25) is 0 Å². The Morgan fingerprint density at radius 1 is 1.10 bits per heavy atom. The molecule has 1 aromatic carbocycles. The van der Waals surface area contributed by atoms with Gasteiger partial charge in [0.2, 0.25) is 0 Å². The summed E-state index contributed by atoms with van der Waals surface area (Å²) in [6.45, 7) is 3.02. The van der Waals surface area contributed by atoms with Crippen LogP contribution in [0.15, 0.2) is 58.7 Å². The van der Waals surface area contributed by atoms with Gasteiger partial charge in [-0.3, -0.25) is 9.59 Å². The molecule has 3 heterocycles. The zero-order valence-corrected chi connectivity index (χ0v) is 17.0. The lowest BCUT2D eigenvalue weighted by molar-refractivity contribution is 0.0176. The number of ether oxygens (including phenoxy) is 1. The van der Waals surface area contributed by atoms with E-state index in [4.69, 9.17) is 4.74 Å². The summed E-state index contributed by atoms with van der Waals surface area (Å²) in [4.78, 5) is 28.0. The summed E-state index contributed by atoms with van der Waals surface area (Å²) in [7, 11) is 0. The molecule has 5 rings (SSSR count). The average Bonchev–Trinajstić information content (AvgIpc) is 3.35. The SMILES string of the molecule is Cc1cc(OC2CN(C(=O)c3ccc(-c4cccs4)cc3)C2)cc(=O)n1C1CC1. The van der Waals surface area contributed by atoms with Gasteiger partial charge in [0.1, 0.15) is 11.9 Å². The lowest BCUT2D eigenvalue weighted by atomic mass is 10.1. The molecule has 2 aromatic heterocycles. The molecule has 3 aromatic rings. The summed E-state index contributed by atoms with van der Waals surface area (Å²) in [5.41, 5.74) is 2.75. The van der Waals surface area contributed by atoms with Gasteiger partial charge in [0.15, 0.2) is 0 Å². The van der Waals surface area contributed by atoms with Crippen molar-refractivity contribution in [2.45, 2.75) is 31.9 Å². The van der Waals surface area contributed by atoms with E-state index < -0.39 is 0 Å². The number of benzene rings is 1. The molecule has 5 nitrogen and oxygen atoms in total. The lowest BCUT2D eigenvalue weighted by Crippen LogP contribution is -2.56. The molecule has 0 spiro atoms. The minimum absolute atomic E-state index is 0.000543. The molecule has 29 heavy (non-hydrogen) atoms. The minimum Gasteiger partial charge on any atom is -0.486 e. The van der Waals surface area contributed by atoms with Crippen LogP contribution in [-0.4, -0.2) is 34.6 Å². The molecule has 6 heteroatoms. The zero-order valence-electron chi connectivity index (χ0n) is 16.2. The molecule has 0 bridgehead atoms. The second kappa shape index (κ2) is 7.19. The molecule has 2 aliphatic rings. The zero-order chi connectivity index (χ0) is 20.0. The van der Waals surface area contributed by atoms with Crippen molar-refractivity contribution in [3.63, 3.8) is 0 Å². The standard InChI is InChI=1S/C23H22N2O3S/c1-15-11-19(12-22(26)25(15)18-8-9-18)28-20-13-24(14-20)23(27)17-6-4-16(5-7-17)21-3-2-10-29-21/h2-7,10-12,18,20H,8-9,13-14H2,1H3. The maximum Gasteiger partial charge on any atom is 0.254 e. The number of nitrogens with zero attached hydrogens (tertiary/aromatic N) is 2. The number of hydrogen-bond acceptors (Lipinski definition) is 4. The highest BCUT2D eigenvalue weighted by Crippen LogP contribution is 2.35. The molecule has 1 aliphatic carbocycles. The van der Waals surface area contributed by atoms with Gasteiger partial charge in [0.25, 0.3) is 11.5 Å². The van der Waals surface area contributed by atoms with E-state index in [1.54, 1.807) is 22.3 Å². The van der Waals surface area contributed by atoms with Crippen LogP contribution >= 0.6 is 11.3 Å². The number of thiophene rings is 1. The Bertz CT molecular complexity index is 1090. The van der Waals surface area contributed by atoms with E-state index in [1.807, 2.05) is 53.3 Å². The van der Waals surface area contributed by atoms with Crippen LogP contribution in [0.25, 0.3) is 10.4 Å². The second-order valence-electron chi connectivity index (χ2n) is 7.78. The number of aromatic nitrogens is 1. The van der Waals surface area contributed by atoms with Crippen molar-refractivity contribution in [2.75, 3.05) is 13.1 Å². The summed E-state index contributed by atoms with van der Waals surface area (Å²) < 4.78 is 7.80. The van der Waals surface area contributed by atoms with Crippen LogP contribution < -0.4 is 10.3 Å². The van der Waals surface area contributed by atoms with E-state index in [0.717, 1.165) is 24.1 Å². The van der Waals surface area contributed by atoms with E-state index in [0.29, 0.717) is 30.4 Å². The first-order valence-electron chi connectivity index (χ1n) is 9.91. The Balaban J connectivity index is 1.20. The number of carbonyl (C=O) groups excluding carboxylic acids is 1. The number of hydrogen-bond donors (Lipinski definition) is 0. The molecule has 0 unspecified atom stereocenters. The van der Waals surface area contributed by atoms with Crippen LogP contribution in [0.5, 0.6) is 5.75 Å². The largest absolute Gasteiger partial charge is 0.486 e. The summed E-state index contributed by atoms with van der Waals surface area (Å²) in [6.07, 6.45) is 2.09. The Morgan fingerprint density at radius 2 is 1.86 bits per heavy atom. The molecule has 1 amide bonds. The van der Waals surface area contributed by atoms with Gasteiger partial charge in [-0.05, 0) is 55.0 Å². The van der Waals surface area contributed by atoms with Gasteiger partial charge in [-0.2, -0.15) is 0 Å². The molecule has 0 N–H and O–H groups in total. The Morgan fingerprint density at radius 3 is 2.48 bits per heavy atom. The van der Waals surface area contributed by atoms with Crippen LogP contribution in [-0.2, 0) is 0 Å². The fourth-order valence-corrected chi connectivity index (χ4v) is 4.56. The van der Waals surface area contributed by atoms with Gasteiger partial charge in [0, 0.05) is 28.2 Å². The number of likely N-dealkylation sites (tertiary alicyclic amines) is 1. The fraction of sp³-hybridized carbons (Fsp3) is 0.304. The number of aryl methyl sites for hydroxylation is 1. The molecular weight excluding hydrogens is 384 g/mol. The van der Waals surface area contributed by atoms with E-state index in [2.05, 4.69) is 6.07 Å². The van der Waals surface area contributed by atoms with Crippen molar-refractivity contribution in [1.29, 1.82) is 0 Å². The molecule has 148 valence electrons. The Labute approximate surface area is 173 Å². The molecule has 1 saturated heterocycles. The van der Waals surface area contributed by atoms with E-state index in [-0.39, 0.29) is 17.6 Å². The minimum atomic E-state index is -0.0695. The van der Waals surface area contributed by atoms with Gasteiger partial charge in [-0.1, -0.05) is 18.2 Å². The van der Waals surface area contributed by atoms with Crippen molar-refractivity contribution in [1.82, 2.24) is 9.47 Å². The molecule has 1 aliphatic heterocycles. The number of pyridine rings is 1. The highest BCUT2D eigenvalue weighted by molar-refractivity contribution is 7.13. The smallest absolute Gasteiger partial charge is 0.254 e. The van der Waals surface area contributed by atoms with Crippen molar-refractivity contribution in [2.24, 2.45) is 0 Å². The highest BCUT2D eigenvalue weighted by Gasteiger charge is 2.33. The molecular formula is C23H22N2O3S. The predicted molar refractivity (Wildman–Crippen MR) is 114 cm³/mol. The third-order valence-corrected chi connectivity index (χ3v) is 6.44. The monoisotopic (exact) mass is 406 g/mol. The van der Waals surface area contributed by atoms with E-state index in [1.165, 1.54) is 4.88 Å². The first kappa shape index (κ1) is 18.2. The summed E-state index contributed by atoms with van der Waals surface area (Å²) in [5.74, 6) is 0.615. The summed E-state index contributed by atoms with van der Waals surface area (Å²) in [6, 6.07) is 15.7. The van der Waals surface area contributed by atoms with Crippen molar-refractivity contribution >= 4 is 17.2 Å². The predicted octanol–water partition coefficient (Wildman–Crippen LogP) is 4.12. The van der Waals surface area contributed by atoms with E-state index in [9.17, 15) is 9.59 Å². The second-order valence-corrected chi connectivity index (χ2v) is 8.72. The Hall–Kier alpha value is -2.86. The third-order valence-electron chi connectivity index (χ3n) is 5.52. The van der Waals surface area contributed by atoms with Crippen molar-refractivity contribution in [3.05, 3.63) is 75.5 Å². The third kappa shape index (κ3) is 3.60. The normalized spacial score (nSPS) is 16.5. The molecule has 0 atom stereocenters. The quantitative estimate of drug-likeness (QED) is 0.640. The van der Waals surface area contributed by atoms with Crippen molar-refractivity contribution in [3.8, 4) is 16.2 Å². The van der Waals surface area contributed by atoms with Crippen LogP contribution in [0.3, 0.4) is 0 Å². The van der Waals surface area contributed by atoms with Crippen LogP contribution in [0.4, 0.5) is 0 Å². The lowest BCUT2D eigenvalue weighted by Gasteiger charge is -2.39. The van der Waals surface area contributed by atoms with Crippen molar-refractivity contribution < 1.29 is 9.53 Å². The van der Waals surface area contributed by atoms with Gasteiger partial charge in [-0.25, -0.2) is 0 Å².